The number of hydrogen-bond donors (Lipinski definition) is 2. The molecule has 1 aliphatic heterocycles. The van der Waals surface area contributed by atoms with E-state index in [2.05, 4.69) is 25.3 Å². The molecule has 1 aliphatic rings. The molecule has 1 saturated heterocycles. The molecule has 0 radical (unpaired) electrons. The van der Waals surface area contributed by atoms with Gasteiger partial charge >= 0.3 is 5.97 Å². The molecule has 32 heavy (non-hydrogen) atoms. The summed E-state index contributed by atoms with van der Waals surface area (Å²) in [6.45, 7) is 2.79. The van der Waals surface area contributed by atoms with Gasteiger partial charge in [0.2, 0.25) is 0 Å². The lowest BCUT2D eigenvalue weighted by molar-refractivity contribution is 0.0505. The molecule has 0 bridgehead atoms. The fourth-order valence-corrected chi connectivity index (χ4v) is 4.35. The van der Waals surface area contributed by atoms with Gasteiger partial charge in [0.25, 0.3) is 0 Å². The first-order valence-corrected chi connectivity index (χ1v) is 10.6. The number of carbonyl (C=O) groups excluding carboxylic acids is 1. The van der Waals surface area contributed by atoms with Crippen molar-refractivity contribution in [3.63, 3.8) is 0 Å². The molecule has 9 nitrogen and oxygen atoms in total. The van der Waals surface area contributed by atoms with Gasteiger partial charge in [0.1, 0.15) is 23.4 Å². The van der Waals surface area contributed by atoms with Crippen LogP contribution in [0.4, 0.5) is 4.39 Å². The van der Waals surface area contributed by atoms with Crippen LogP contribution in [-0.2, 0) is 11.8 Å². The second-order valence-electron chi connectivity index (χ2n) is 7.72. The number of aryl methyl sites for hydroxylation is 1. The Morgan fingerprint density at radius 2 is 2.22 bits per heavy atom. The third kappa shape index (κ3) is 3.36. The van der Waals surface area contributed by atoms with E-state index >= 15 is 0 Å². The Labute approximate surface area is 183 Å². The molecule has 1 fully saturated rings. The molecule has 0 spiro atoms. The second-order valence-corrected chi connectivity index (χ2v) is 7.72. The summed E-state index contributed by atoms with van der Waals surface area (Å²) < 4.78 is 27.7. The van der Waals surface area contributed by atoms with Gasteiger partial charge in [-0.25, -0.2) is 24.1 Å². The van der Waals surface area contributed by atoms with Crippen molar-refractivity contribution in [3.8, 4) is 5.75 Å². The molecule has 3 aromatic heterocycles. The second kappa shape index (κ2) is 8.19. The van der Waals surface area contributed by atoms with E-state index in [9.17, 15) is 9.18 Å². The van der Waals surface area contributed by atoms with Crippen LogP contribution < -0.4 is 10.1 Å². The van der Waals surface area contributed by atoms with Crippen molar-refractivity contribution in [1.82, 2.24) is 29.8 Å². The quantitative estimate of drug-likeness (QED) is 0.446. The number of imidazole rings is 1. The molecule has 4 heterocycles. The Morgan fingerprint density at radius 1 is 1.34 bits per heavy atom. The van der Waals surface area contributed by atoms with E-state index in [0.29, 0.717) is 27.8 Å². The first-order valence-electron chi connectivity index (χ1n) is 10.6. The number of aromatic nitrogens is 5. The van der Waals surface area contributed by atoms with Crippen LogP contribution in [0.5, 0.6) is 5.75 Å². The minimum Gasteiger partial charge on any atom is -0.479 e. The zero-order chi connectivity index (χ0) is 22.2. The number of rotatable bonds is 6. The van der Waals surface area contributed by atoms with Crippen LogP contribution in [0.25, 0.3) is 22.1 Å². The number of benzene rings is 1. The maximum Gasteiger partial charge on any atom is 0.358 e. The maximum atomic E-state index is 14.2. The molecule has 166 valence electrons. The van der Waals surface area contributed by atoms with E-state index in [1.807, 2.05) is 0 Å². The molecule has 2 N–H and O–H groups in total. The van der Waals surface area contributed by atoms with Gasteiger partial charge in [-0.15, -0.1) is 0 Å². The van der Waals surface area contributed by atoms with Crippen molar-refractivity contribution in [2.75, 3.05) is 13.2 Å². The summed E-state index contributed by atoms with van der Waals surface area (Å²) in [6, 6.07) is 4.29. The van der Waals surface area contributed by atoms with Gasteiger partial charge in [-0.05, 0) is 44.5 Å². The zero-order valence-electron chi connectivity index (χ0n) is 17.8. The summed E-state index contributed by atoms with van der Waals surface area (Å²) in [6.07, 6.45) is 4.27. The minimum absolute atomic E-state index is 0.0661. The summed E-state index contributed by atoms with van der Waals surface area (Å²) in [5.41, 5.74) is 2.67. The molecule has 2 atom stereocenters. The maximum absolute atomic E-state index is 14.2. The van der Waals surface area contributed by atoms with Gasteiger partial charge in [0.15, 0.2) is 23.2 Å². The predicted octanol–water partition coefficient (Wildman–Crippen LogP) is 3.03. The lowest BCUT2D eigenvalue weighted by atomic mass is 10.0. The molecule has 0 saturated carbocycles. The Kier molecular flexibility index (Phi) is 5.22. The highest BCUT2D eigenvalue weighted by Gasteiger charge is 2.34. The Hall–Kier alpha value is -3.53. The van der Waals surface area contributed by atoms with Crippen LogP contribution in [0.1, 0.15) is 42.1 Å². The number of nitrogens with zero attached hydrogens (tertiary/aromatic N) is 4. The summed E-state index contributed by atoms with van der Waals surface area (Å²) in [5.74, 6) is -0.690. The highest BCUT2D eigenvalue weighted by Crippen LogP contribution is 2.39. The summed E-state index contributed by atoms with van der Waals surface area (Å²) in [7, 11) is 1.73. The van der Waals surface area contributed by atoms with E-state index in [0.717, 1.165) is 19.4 Å². The Morgan fingerprint density at radius 3 is 3.00 bits per heavy atom. The van der Waals surface area contributed by atoms with Crippen molar-refractivity contribution < 1.29 is 18.7 Å². The van der Waals surface area contributed by atoms with Gasteiger partial charge in [-0.3, -0.25) is 0 Å². The third-order valence-electron chi connectivity index (χ3n) is 5.81. The number of H-pyrrole nitrogens is 1. The molecule has 10 heteroatoms. The van der Waals surface area contributed by atoms with Crippen LogP contribution in [0, 0.1) is 5.82 Å². The van der Waals surface area contributed by atoms with Gasteiger partial charge in [0, 0.05) is 12.4 Å². The smallest absolute Gasteiger partial charge is 0.358 e. The van der Waals surface area contributed by atoms with Gasteiger partial charge in [-0.2, -0.15) is 0 Å². The van der Waals surface area contributed by atoms with Crippen LogP contribution in [0.2, 0.25) is 0 Å². The minimum atomic E-state index is -0.576. The standard InChI is InChI=1S/C22H23FN6O3/c1-3-31-22(30)18-19(13-9-12(23)6-7-15(13)29(18)2)32-20(14-5-4-8-24-14)16-17-21(27-10-25-16)28-11-26-17/h6-7,9-11,14,20,24H,3-5,8H2,1-2H3,(H,25,26,27,28)/t14?,20-/m1/s1. The van der Waals surface area contributed by atoms with Crippen LogP contribution in [0.3, 0.4) is 0 Å². The number of esters is 1. The van der Waals surface area contributed by atoms with E-state index in [1.165, 1.54) is 18.5 Å². The first-order chi connectivity index (χ1) is 15.6. The highest BCUT2D eigenvalue weighted by atomic mass is 19.1. The van der Waals surface area contributed by atoms with Crippen molar-refractivity contribution in [1.29, 1.82) is 0 Å². The van der Waals surface area contributed by atoms with Crippen LogP contribution in [0.15, 0.2) is 30.9 Å². The molecular weight excluding hydrogens is 415 g/mol. The zero-order valence-corrected chi connectivity index (χ0v) is 17.8. The Bertz CT molecular complexity index is 1290. The lowest BCUT2D eigenvalue weighted by Crippen LogP contribution is -2.33. The number of nitrogens with one attached hydrogen (secondary N) is 2. The van der Waals surface area contributed by atoms with Crippen molar-refractivity contribution >= 4 is 28.0 Å². The molecule has 0 aliphatic carbocycles. The van der Waals surface area contributed by atoms with E-state index in [4.69, 9.17) is 9.47 Å². The summed E-state index contributed by atoms with van der Waals surface area (Å²) in [5, 5.41) is 3.94. The van der Waals surface area contributed by atoms with Crippen LogP contribution >= 0.6 is 0 Å². The van der Waals surface area contributed by atoms with Gasteiger partial charge in [-0.1, -0.05) is 0 Å². The molecule has 1 aromatic carbocycles. The normalized spacial score (nSPS) is 17.2. The molecule has 5 rings (SSSR count). The lowest BCUT2D eigenvalue weighted by Gasteiger charge is -2.25. The molecule has 4 aromatic rings. The fourth-order valence-electron chi connectivity index (χ4n) is 4.35. The highest BCUT2D eigenvalue weighted by molar-refractivity contribution is 6.01. The topological polar surface area (TPSA) is 107 Å². The van der Waals surface area contributed by atoms with Gasteiger partial charge < -0.3 is 24.3 Å². The largest absolute Gasteiger partial charge is 0.479 e. The summed E-state index contributed by atoms with van der Waals surface area (Å²) >= 11 is 0. The van der Waals surface area contributed by atoms with Crippen molar-refractivity contribution in [2.45, 2.75) is 31.9 Å². The van der Waals surface area contributed by atoms with Crippen molar-refractivity contribution in [2.24, 2.45) is 7.05 Å². The number of aromatic amines is 1. The number of halogens is 1. The number of ether oxygens (including phenoxy) is 2. The number of hydrogen-bond acceptors (Lipinski definition) is 7. The SMILES string of the molecule is CCOC(=O)c1c(O[C@@H](c2ncnc3[nH]cnc23)C2CCCN2)c2cc(F)ccc2n1C. The van der Waals surface area contributed by atoms with Crippen LogP contribution in [-0.4, -0.2) is 49.7 Å². The predicted molar refractivity (Wildman–Crippen MR) is 115 cm³/mol. The van der Waals surface area contributed by atoms with Gasteiger partial charge in [0.05, 0.1) is 24.5 Å². The number of carbonyl (C=O) groups is 1. The monoisotopic (exact) mass is 438 g/mol. The summed E-state index contributed by atoms with van der Waals surface area (Å²) in [4.78, 5) is 28.9. The van der Waals surface area contributed by atoms with Crippen molar-refractivity contribution in [3.05, 3.63) is 48.1 Å². The molecule has 0 amide bonds. The average Bonchev–Trinajstić information content (AvgIpc) is 3.52. The van der Waals surface area contributed by atoms with E-state index in [-0.39, 0.29) is 24.1 Å². The first kappa shape index (κ1) is 20.4. The van der Waals surface area contributed by atoms with E-state index < -0.39 is 17.9 Å². The molecular formula is C22H23FN6O3. The number of fused-ring (bicyclic) bond motifs is 2. The Balaban J connectivity index is 1.69. The van der Waals surface area contributed by atoms with E-state index in [1.54, 1.807) is 30.9 Å². The fraction of sp³-hybridized carbons (Fsp3) is 0.364. The average molecular weight is 438 g/mol. The molecule has 1 unspecified atom stereocenters. The third-order valence-corrected chi connectivity index (χ3v) is 5.81.